The van der Waals surface area contributed by atoms with Crippen LogP contribution < -0.4 is 15.4 Å². The van der Waals surface area contributed by atoms with Crippen molar-refractivity contribution in [3.05, 3.63) is 35.4 Å². The summed E-state index contributed by atoms with van der Waals surface area (Å²) < 4.78 is 10.9. The largest absolute Gasteiger partial charge is 0.494 e. The van der Waals surface area contributed by atoms with E-state index in [1.807, 2.05) is 18.2 Å². The molecular formula is C21H20N4O4. The molecule has 2 aliphatic rings. The Morgan fingerprint density at radius 1 is 1.41 bits per heavy atom. The van der Waals surface area contributed by atoms with Gasteiger partial charge < -0.3 is 20.1 Å². The van der Waals surface area contributed by atoms with Gasteiger partial charge in [-0.3, -0.25) is 9.59 Å². The number of nitrogens with one attached hydrogen (secondary N) is 2. The number of hydrogen-bond donors (Lipinski definition) is 2. The van der Waals surface area contributed by atoms with Crippen molar-refractivity contribution in [3.63, 3.8) is 0 Å². The zero-order valence-electron chi connectivity index (χ0n) is 15.9. The van der Waals surface area contributed by atoms with Crippen molar-refractivity contribution in [2.45, 2.75) is 25.3 Å². The molecule has 2 amide bonds. The molecule has 1 fully saturated rings. The number of aromatic nitrogens is 1. The van der Waals surface area contributed by atoms with E-state index in [1.54, 1.807) is 13.2 Å². The minimum atomic E-state index is -0.618. The number of fused-ring (bicyclic) bond motifs is 1. The first-order valence-electron chi connectivity index (χ1n) is 9.40. The molecule has 1 atom stereocenters. The van der Waals surface area contributed by atoms with Crippen LogP contribution in [0.3, 0.4) is 0 Å². The normalized spacial score (nSPS) is 18.7. The number of amides is 2. The summed E-state index contributed by atoms with van der Waals surface area (Å²) in [6.45, 7) is 1.18. The van der Waals surface area contributed by atoms with Crippen molar-refractivity contribution in [1.82, 2.24) is 10.3 Å². The Balaban J connectivity index is 1.78. The van der Waals surface area contributed by atoms with E-state index in [0.29, 0.717) is 37.3 Å². The van der Waals surface area contributed by atoms with Crippen molar-refractivity contribution in [1.29, 1.82) is 5.26 Å². The van der Waals surface area contributed by atoms with Crippen molar-refractivity contribution in [3.8, 4) is 11.8 Å². The molecule has 1 aromatic heterocycles. The number of hydrogen-bond acceptors (Lipinski definition) is 6. The molecule has 8 heteroatoms. The lowest BCUT2D eigenvalue weighted by Gasteiger charge is -2.18. The first-order valence-corrected chi connectivity index (χ1v) is 9.40. The smallest absolute Gasteiger partial charge is 0.248 e. The molecular weight excluding hydrogens is 372 g/mol. The zero-order valence-corrected chi connectivity index (χ0v) is 15.9. The molecule has 0 spiro atoms. The molecule has 0 radical (unpaired) electrons. The Morgan fingerprint density at radius 3 is 2.93 bits per heavy atom. The fourth-order valence-corrected chi connectivity index (χ4v) is 3.65. The number of rotatable bonds is 4. The van der Waals surface area contributed by atoms with Gasteiger partial charge in [-0.15, -0.1) is 0 Å². The number of anilines is 1. The first kappa shape index (κ1) is 18.9. The van der Waals surface area contributed by atoms with Crippen LogP contribution in [-0.4, -0.2) is 43.2 Å². The molecule has 1 unspecified atom stereocenters. The number of carbonyl (C=O) groups excluding carboxylic acids is 2. The summed E-state index contributed by atoms with van der Waals surface area (Å²) in [6, 6.07) is 6.99. The Labute approximate surface area is 167 Å². The Bertz CT molecular complexity index is 1070. The van der Waals surface area contributed by atoms with Gasteiger partial charge in [-0.25, -0.2) is 4.98 Å². The molecule has 2 aromatic rings. The van der Waals surface area contributed by atoms with E-state index in [1.165, 1.54) is 0 Å². The average molecular weight is 392 g/mol. The average Bonchev–Trinajstić information content (AvgIpc) is 3.19. The van der Waals surface area contributed by atoms with E-state index in [4.69, 9.17) is 9.47 Å². The first-order chi connectivity index (χ1) is 14.1. The van der Waals surface area contributed by atoms with Crippen molar-refractivity contribution >= 4 is 34.1 Å². The standard InChI is InChI=1S/C21H20N4O4/c1-28-17-4-2-14(12-6-8-29-9-7-12)15-10-13(11-22)20(24-19(15)17)25-21(27)16-3-5-18(26)23-16/h2,4,6,10,16H,3,5,7-9H2,1H3,(H,23,26)(H,24,25,27). The highest BCUT2D eigenvalue weighted by Gasteiger charge is 2.28. The van der Waals surface area contributed by atoms with Gasteiger partial charge in [-0.05, 0) is 36.1 Å². The van der Waals surface area contributed by atoms with E-state index >= 15 is 0 Å². The maximum atomic E-state index is 12.5. The van der Waals surface area contributed by atoms with Crippen LogP contribution in [0.1, 0.15) is 30.4 Å². The molecule has 148 valence electrons. The van der Waals surface area contributed by atoms with Gasteiger partial charge in [0.1, 0.15) is 23.4 Å². The predicted molar refractivity (Wildman–Crippen MR) is 106 cm³/mol. The molecule has 0 aliphatic carbocycles. The van der Waals surface area contributed by atoms with Gasteiger partial charge in [0.2, 0.25) is 11.8 Å². The van der Waals surface area contributed by atoms with Gasteiger partial charge >= 0.3 is 0 Å². The van der Waals surface area contributed by atoms with Gasteiger partial charge in [0.15, 0.2) is 5.82 Å². The van der Waals surface area contributed by atoms with E-state index in [0.717, 1.165) is 22.9 Å². The maximum Gasteiger partial charge on any atom is 0.248 e. The molecule has 0 bridgehead atoms. The molecule has 1 saturated heterocycles. The second kappa shape index (κ2) is 7.89. The number of methoxy groups -OCH3 is 1. The lowest BCUT2D eigenvalue weighted by Crippen LogP contribution is -2.37. The number of carbonyl (C=O) groups is 2. The molecule has 29 heavy (non-hydrogen) atoms. The van der Waals surface area contributed by atoms with Crippen LogP contribution in [0.15, 0.2) is 24.3 Å². The second-order valence-electron chi connectivity index (χ2n) is 6.91. The quantitative estimate of drug-likeness (QED) is 0.824. The number of benzene rings is 1. The third-order valence-corrected chi connectivity index (χ3v) is 5.15. The third-order valence-electron chi connectivity index (χ3n) is 5.15. The fraction of sp³-hybridized carbons (Fsp3) is 0.333. The van der Waals surface area contributed by atoms with E-state index in [-0.39, 0.29) is 23.2 Å². The summed E-state index contributed by atoms with van der Waals surface area (Å²) in [6.07, 6.45) is 3.52. The molecule has 1 aromatic carbocycles. The van der Waals surface area contributed by atoms with E-state index in [9.17, 15) is 14.9 Å². The molecule has 0 saturated carbocycles. The monoisotopic (exact) mass is 392 g/mol. The van der Waals surface area contributed by atoms with Gasteiger partial charge in [0, 0.05) is 11.8 Å². The van der Waals surface area contributed by atoms with Crippen molar-refractivity contribution < 1.29 is 19.1 Å². The number of pyridine rings is 1. The summed E-state index contributed by atoms with van der Waals surface area (Å²) >= 11 is 0. The highest BCUT2D eigenvalue weighted by atomic mass is 16.5. The Kier molecular flexibility index (Phi) is 5.14. The minimum Gasteiger partial charge on any atom is -0.494 e. The minimum absolute atomic E-state index is 0.155. The molecule has 8 nitrogen and oxygen atoms in total. The lowest BCUT2D eigenvalue weighted by atomic mass is 9.96. The second-order valence-corrected chi connectivity index (χ2v) is 6.91. The summed E-state index contributed by atoms with van der Waals surface area (Å²) in [7, 11) is 1.55. The van der Waals surface area contributed by atoms with Crippen LogP contribution in [0.5, 0.6) is 5.75 Å². The van der Waals surface area contributed by atoms with Gasteiger partial charge in [-0.2, -0.15) is 5.26 Å². The number of nitriles is 1. The van der Waals surface area contributed by atoms with E-state index < -0.39 is 6.04 Å². The van der Waals surface area contributed by atoms with Gasteiger partial charge in [0.25, 0.3) is 0 Å². The van der Waals surface area contributed by atoms with Gasteiger partial charge in [0.05, 0.1) is 25.9 Å². The topological polar surface area (TPSA) is 113 Å². The Hall–Kier alpha value is -3.44. The highest BCUT2D eigenvalue weighted by molar-refractivity contribution is 6.02. The van der Waals surface area contributed by atoms with Crippen molar-refractivity contribution in [2.75, 3.05) is 25.6 Å². The summed E-state index contributed by atoms with van der Waals surface area (Å²) in [5.41, 5.74) is 2.90. The zero-order chi connectivity index (χ0) is 20.4. The van der Waals surface area contributed by atoms with Crippen LogP contribution in [0, 0.1) is 11.3 Å². The third kappa shape index (κ3) is 3.65. The number of nitrogens with zero attached hydrogens (tertiary/aromatic N) is 2. The molecule has 3 heterocycles. The predicted octanol–water partition coefficient (Wildman–Crippen LogP) is 2.14. The van der Waals surface area contributed by atoms with Crippen LogP contribution in [0.2, 0.25) is 0 Å². The lowest BCUT2D eigenvalue weighted by molar-refractivity contribution is -0.122. The highest BCUT2D eigenvalue weighted by Crippen LogP contribution is 2.35. The molecule has 2 aliphatic heterocycles. The van der Waals surface area contributed by atoms with Crippen LogP contribution in [0.25, 0.3) is 16.5 Å². The van der Waals surface area contributed by atoms with E-state index in [2.05, 4.69) is 21.7 Å². The summed E-state index contributed by atoms with van der Waals surface area (Å²) in [5, 5.41) is 15.7. The maximum absolute atomic E-state index is 12.5. The van der Waals surface area contributed by atoms with Crippen LogP contribution in [-0.2, 0) is 14.3 Å². The van der Waals surface area contributed by atoms with Crippen LogP contribution >= 0.6 is 0 Å². The number of ether oxygens (including phenoxy) is 2. The fourth-order valence-electron chi connectivity index (χ4n) is 3.65. The molecule has 4 rings (SSSR count). The van der Waals surface area contributed by atoms with Crippen molar-refractivity contribution in [2.24, 2.45) is 0 Å². The summed E-state index contributed by atoms with van der Waals surface area (Å²) in [5.74, 6) is 0.155. The SMILES string of the molecule is COc1ccc(C2=CCOCC2)c2cc(C#N)c(NC(=O)C3CCC(=O)N3)nc12. The van der Waals surface area contributed by atoms with Gasteiger partial charge in [-0.1, -0.05) is 12.1 Å². The van der Waals surface area contributed by atoms with Crippen LogP contribution in [0.4, 0.5) is 5.82 Å². The Morgan fingerprint density at radius 2 is 2.28 bits per heavy atom. The summed E-state index contributed by atoms with van der Waals surface area (Å²) in [4.78, 5) is 28.4. The molecule has 2 N–H and O–H groups in total.